The minimum atomic E-state index is -3.65. The Hall–Kier alpha value is -1.79. The van der Waals surface area contributed by atoms with Crippen LogP contribution >= 0.6 is 11.8 Å². The van der Waals surface area contributed by atoms with Crippen LogP contribution in [0.1, 0.15) is 31.9 Å². The van der Waals surface area contributed by atoms with E-state index in [0.29, 0.717) is 0 Å². The van der Waals surface area contributed by atoms with Crippen molar-refractivity contribution in [1.82, 2.24) is 4.83 Å². The van der Waals surface area contributed by atoms with Gasteiger partial charge in [-0.3, -0.25) is 0 Å². The average Bonchev–Trinajstić information content (AvgIpc) is 2.48. The Morgan fingerprint density at radius 2 is 1.67 bits per heavy atom. The third-order valence-electron chi connectivity index (χ3n) is 3.04. The fraction of sp³-hybridized carbons (Fsp3) is 0.278. The van der Waals surface area contributed by atoms with Gasteiger partial charge in [-0.05, 0) is 25.1 Å². The number of rotatable bonds is 5. The Bertz CT molecular complexity index is 821. The van der Waals surface area contributed by atoms with Crippen molar-refractivity contribution in [2.75, 3.05) is 0 Å². The predicted molar refractivity (Wildman–Crippen MR) is 101 cm³/mol. The molecule has 0 aliphatic rings. The van der Waals surface area contributed by atoms with E-state index >= 15 is 0 Å². The molecule has 0 radical (unpaired) electrons. The highest BCUT2D eigenvalue weighted by atomic mass is 32.2. The van der Waals surface area contributed by atoms with E-state index in [1.807, 2.05) is 31.2 Å². The fourth-order valence-corrected chi connectivity index (χ4v) is 3.78. The lowest BCUT2D eigenvalue weighted by molar-refractivity contribution is 0.584. The molecule has 2 aromatic carbocycles. The molecule has 0 spiro atoms. The van der Waals surface area contributed by atoms with Gasteiger partial charge in [0, 0.05) is 15.2 Å². The second kappa shape index (κ2) is 7.40. The van der Waals surface area contributed by atoms with Gasteiger partial charge < -0.3 is 0 Å². The molecule has 0 aliphatic heterocycles. The fourth-order valence-electron chi connectivity index (χ4n) is 1.95. The minimum Gasteiger partial charge on any atom is -0.200 e. The van der Waals surface area contributed by atoms with E-state index in [-0.39, 0.29) is 9.64 Å². The van der Waals surface area contributed by atoms with Crippen molar-refractivity contribution in [3.05, 3.63) is 59.7 Å². The molecule has 0 saturated carbocycles. The predicted octanol–water partition coefficient (Wildman–Crippen LogP) is 4.20. The second-order valence-corrected chi connectivity index (χ2v) is 9.95. The third-order valence-corrected chi connectivity index (χ3v) is 5.49. The summed E-state index contributed by atoms with van der Waals surface area (Å²) in [5.41, 5.74) is 1.88. The van der Waals surface area contributed by atoms with Gasteiger partial charge in [-0.2, -0.15) is 13.5 Å². The zero-order chi connectivity index (χ0) is 17.8. The number of nitrogens with one attached hydrogen (secondary N) is 1. The molecular formula is C18H22N2O2S2. The molecule has 0 amide bonds. The monoisotopic (exact) mass is 362 g/mol. The first kappa shape index (κ1) is 18.5. The van der Waals surface area contributed by atoms with Gasteiger partial charge >= 0.3 is 0 Å². The van der Waals surface area contributed by atoms with Gasteiger partial charge in [0.05, 0.1) is 11.1 Å². The summed E-state index contributed by atoms with van der Waals surface area (Å²) >= 11 is 1.71. The molecular weight excluding hydrogens is 340 g/mol. The van der Waals surface area contributed by atoms with E-state index in [9.17, 15) is 8.42 Å². The van der Waals surface area contributed by atoms with Crippen LogP contribution in [-0.2, 0) is 10.0 Å². The molecule has 0 atom stereocenters. The normalized spacial score (nSPS) is 12.5. The van der Waals surface area contributed by atoms with Gasteiger partial charge in [0.15, 0.2) is 0 Å². The lowest BCUT2D eigenvalue weighted by atomic mass is 10.2. The highest BCUT2D eigenvalue weighted by molar-refractivity contribution is 8.00. The molecule has 0 bridgehead atoms. The Morgan fingerprint density at radius 1 is 1.04 bits per heavy atom. The van der Waals surface area contributed by atoms with Gasteiger partial charge in [-0.1, -0.05) is 56.7 Å². The van der Waals surface area contributed by atoms with Crippen molar-refractivity contribution in [3.63, 3.8) is 0 Å². The summed E-state index contributed by atoms with van der Waals surface area (Å²) in [7, 11) is -3.65. The van der Waals surface area contributed by atoms with Gasteiger partial charge in [0.2, 0.25) is 0 Å². The van der Waals surface area contributed by atoms with E-state index in [1.54, 1.807) is 42.2 Å². The molecule has 0 fully saturated rings. The molecule has 0 aromatic heterocycles. The molecule has 0 heterocycles. The van der Waals surface area contributed by atoms with Crippen LogP contribution in [-0.4, -0.2) is 19.4 Å². The van der Waals surface area contributed by atoms with Crippen LogP contribution in [0.4, 0.5) is 0 Å². The van der Waals surface area contributed by atoms with Crippen molar-refractivity contribution in [2.45, 2.75) is 42.2 Å². The summed E-state index contributed by atoms with van der Waals surface area (Å²) < 4.78 is 24.5. The lowest BCUT2D eigenvalue weighted by Crippen LogP contribution is -2.18. The molecule has 0 aliphatic carbocycles. The van der Waals surface area contributed by atoms with Crippen molar-refractivity contribution in [2.24, 2.45) is 5.10 Å². The number of sulfonamides is 1. The van der Waals surface area contributed by atoms with Crippen LogP contribution in [0, 0.1) is 6.92 Å². The number of aryl methyl sites for hydroxylation is 1. The topological polar surface area (TPSA) is 58.5 Å². The number of hydrogen-bond donors (Lipinski definition) is 1. The van der Waals surface area contributed by atoms with E-state index in [4.69, 9.17) is 0 Å². The quantitative estimate of drug-likeness (QED) is 0.493. The number of hydrogen-bond acceptors (Lipinski definition) is 4. The molecule has 2 rings (SSSR count). The summed E-state index contributed by atoms with van der Waals surface area (Å²) in [5, 5.41) is 3.93. The molecule has 128 valence electrons. The Morgan fingerprint density at radius 3 is 2.29 bits per heavy atom. The van der Waals surface area contributed by atoms with Crippen LogP contribution in [0.2, 0.25) is 0 Å². The van der Waals surface area contributed by atoms with Crippen LogP contribution in [0.15, 0.2) is 63.4 Å². The Balaban J connectivity index is 2.16. The van der Waals surface area contributed by atoms with Crippen LogP contribution in [0.3, 0.4) is 0 Å². The van der Waals surface area contributed by atoms with E-state index < -0.39 is 10.0 Å². The second-order valence-electron chi connectivity index (χ2n) is 6.42. The van der Waals surface area contributed by atoms with Gasteiger partial charge in [0.25, 0.3) is 10.0 Å². The van der Waals surface area contributed by atoms with E-state index in [2.05, 4.69) is 30.7 Å². The smallest absolute Gasteiger partial charge is 0.200 e. The van der Waals surface area contributed by atoms with E-state index in [0.717, 1.165) is 16.0 Å². The third kappa shape index (κ3) is 5.39. The maximum Gasteiger partial charge on any atom is 0.276 e. The minimum absolute atomic E-state index is 0.0609. The lowest BCUT2D eigenvalue weighted by Gasteiger charge is -2.18. The highest BCUT2D eigenvalue weighted by Gasteiger charge is 2.14. The molecule has 4 nitrogen and oxygen atoms in total. The molecule has 2 aromatic rings. The first-order chi connectivity index (χ1) is 11.2. The summed E-state index contributed by atoms with van der Waals surface area (Å²) in [6.45, 7) is 8.30. The first-order valence-corrected chi connectivity index (χ1v) is 9.87. The molecule has 24 heavy (non-hydrogen) atoms. The van der Waals surface area contributed by atoms with Crippen LogP contribution in [0.5, 0.6) is 0 Å². The molecule has 6 heteroatoms. The zero-order valence-electron chi connectivity index (χ0n) is 14.3. The van der Waals surface area contributed by atoms with Crippen LogP contribution < -0.4 is 4.83 Å². The van der Waals surface area contributed by atoms with Gasteiger partial charge in [-0.25, -0.2) is 4.83 Å². The van der Waals surface area contributed by atoms with Gasteiger partial charge in [-0.15, -0.1) is 11.8 Å². The summed E-state index contributed by atoms with van der Waals surface area (Å²) in [5.74, 6) is 0. The first-order valence-electron chi connectivity index (χ1n) is 7.57. The number of benzene rings is 2. The number of hydrazone groups is 1. The molecule has 0 saturated heterocycles. The number of nitrogens with zero attached hydrogens (tertiary/aromatic N) is 1. The zero-order valence-corrected chi connectivity index (χ0v) is 15.9. The maximum absolute atomic E-state index is 12.2. The highest BCUT2D eigenvalue weighted by Crippen LogP contribution is 2.33. The SMILES string of the molecule is Cc1ccc(S(=O)(=O)N/N=C/c2ccccc2SC(C)(C)C)cc1. The Labute approximate surface area is 148 Å². The average molecular weight is 363 g/mol. The van der Waals surface area contributed by atoms with Crippen molar-refractivity contribution >= 4 is 28.0 Å². The maximum atomic E-state index is 12.2. The van der Waals surface area contributed by atoms with E-state index in [1.165, 1.54) is 0 Å². The molecule has 0 unspecified atom stereocenters. The number of thioether (sulfide) groups is 1. The standard InChI is InChI=1S/C18H22N2O2S2/c1-14-9-11-16(12-10-14)24(21,22)20-19-13-15-7-5-6-8-17(15)23-18(2,3)4/h5-13,20H,1-4H3/b19-13+. The summed E-state index contributed by atoms with van der Waals surface area (Å²) in [6.07, 6.45) is 1.54. The van der Waals surface area contributed by atoms with Crippen LogP contribution in [0.25, 0.3) is 0 Å². The molecule has 1 N–H and O–H groups in total. The van der Waals surface area contributed by atoms with Crippen molar-refractivity contribution in [3.8, 4) is 0 Å². The van der Waals surface area contributed by atoms with Crippen molar-refractivity contribution in [1.29, 1.82) is 0 Å². The van der Waals surface area contributed by atoms with Gasteiger partial charge in [0.1, 0.15) is 0 Å². The Kier molecular flexibility index (Phi) is 5.72. The van der Waals surface area contributed by atoms with Crippen molar-refractivity contribution < 1.29 is 8.42 Å². The largest absolute Gasteiger partial charge is 0.276 e. The summed E-state index contributed by atoms with van der Waals surface area (Å²) in [4.78, 5) is 3.52. The summed E-state index contributed by atoms with van der Waals surface area (Å²) in [6, 6.07) is 14.4.